The van der Waals surface area contributed by atoms with E-state index in [0.29, 0.717) is 29.0 Å². The molecule has 0 aliphatic rings. The number of benzene rings is 1. The Morgan fingerprint density at radius 1 is 1.03 bits per heavy atom. The Morgan fingerprint density at radius 3 is 2.03 bits per heavy atom. The van der Waals surface area contributed by atoms with Gasteiger partial charge in [-0.1, -0.05) is 34.1 Å². The maximum atomic E-state index is 13.2. The number of hydrogen-bond donors (Lipinski definition) is 0. The molecule has 1 amide bonds. The van der Waals surface area contributed by atoms with Crippen LogP contribution in [0.5, 0.6) is 17.2 Å². The molecule has 0 aliphatic carbocycles. The minimum Gasteiger partial charge on any atom is -0.493 e. The summed E-state index contributed by atoms with van der Waals surface area (Å²) in [5.74, 6) is 0.745. The molecule has 188 valence electrons. The van der Waals surface area contributed by atoms with Crippen molar-refractivity contribution < 1.29 is 28.2 Å². The number of carbonyl (C=O) groups excluding carboxylic acids is 2. The predicted octanol–water partition coefficient (Wildman–Crippen LogP) is 5.11. The van der Waals surface area contributed by atoms with E-state index in [0.717, 1.165) is 12.8 Å². The Morgan fingerprint density at radius 2 is 1.61 bits per heavy atom. The normalized spacial score (nSPS) is 12.8. The number of hydrogen-bond acceptors (Lipinski definition) is 6. The van der Waals surface area contributed by atoms with E-state index in [1.807, 2.05) is 0 Å². The van der Waals surface area contributed by atoms with Crippen LogP contribution in [0.4, 0.5) is 0 Å². The molecule has 1 aromatic carbocycles. The average molecular weight is 482 g/mol. The van der Waals surface area contributed by atoms with Crippen LogP contribution in [0.25, 0.3) is 0 Å². The number of ketones is 1. The first-order chi connectivity index (χ1) is 15.2. The molecule has 0 N–H and O–H groups in total. The summed E-state index contributed by atoms with van der Waals surface area (Å²) in [5, 5.41) is 0.0596. The average Bonchev–Trinajstić information content (AvgIpc) is 2.70. The van der Waals surface area contributed by atoms with Crippen LogP contribution in [-0.2, 0) is 15.6 Å². The molecule has 0 saturated carbocycles. The van der Waals surface area contributed by atoms with E-state index in [4.69, 9.17) is 18.6 Å². The Hall–Kier alpha value is -2.06. The van der Waals surface area contributed by atoms with Gasteiger partial charge in [-0.25, -0.2) is 0 Å². The van der Waals surface area contributed by atoms with Crippen molar-refractivity contribution >= 4 is 20.0 Å². The lowest BCUT2D eigenvalue weighted by molar-refractivity contribution is -0.120. The summed E-state index contributed by atoms with van der Waals surface area (Å²) < 4.78 is 23.0. The quantitative estimate of drug-likeness (QED) is 0.386. The number of Topliss-reactive ketones (excluding diaryl/α,β-unsaturated/α-hetero) is 1. The van der Waals surface area contributed by atoms with Gasteiger partial charge in [0.2, 0.25) is 5.75 Å². The molecule has 8 heteroatoms. The first kappa shape index (κ1) is 29.0. The summed E-state index contributed by atoms with van der Waals surface area (Å²) in [5.41, 5.74) is 0.863. The van der Waals surface area contributed by atoms with Crippen LogP contribution in [-0.4, -0.2) is 66.4 Å². The number of rotatable bonds is 12. The molecule has 0 aliphatic heterocycles. The summed E-state index contributed by atoms with van der Waals surface area (Å²) in [4.78, 5) is 27.7. The molecule has 0 bridgehead atoms. The second-order valence-corrected chi connectivity index (χ2v) is 14.8. The highest BCUT2D eigenvalue weighted by Gasteiger charge is 2.39. The molecule has 0 aromatic heterocycles. The lowest BCUT2D eigenvalue weighted by Gasteiger charge is -2.39. The van der Waals surface area contributed by atoms with Crippen LogP contribution < -0.4 is 14.2 Å². The zero-order chi connectivity index (χ0) is 25.6. The fourth-order valence-corrected chi connectivity index (χ4v) is 4.85. The van der Waals surface area contributed by atoms with Gasteiger partial charge < -0.3 is 23.5 Å². The lowest BCUT2D eigenvalue weighted by atomic mass is 9.96. The van der Waals surface area contributed by atoms with Crippen molar-refractivity contribution in [3.63, 3.8) is 0 Å². The van der Waals surface area contributed by atoms with Gasteiger partial charge in [0, 0.05) is 26.9 Å². The Labute approximate surface area is 200 Å². The van der Waals surface area contributed by atoms with E-state index in [1.54, 1.807) is 20.2 Å². The van der Waals surface area contributed by atoms with Crippen molar-refractivity contribution in [2.75, 3.05) is 35.4 Å². The molecule has 0 fully saturated rings. The molecule has 0 unspecified atom stereocenters. The zero-order valence-electron chi connectivity index (χ0n) is 22.4. The summed E-state index contributed by atoms with van der Waals surface area (Å²) in [6.07, 6.45) is 1.98. The van der Waals surface area contributed by atoms with Gasteiger partial charge in [0.25, 0.3) is 5.91 Å². The van der Waals surface area contributed by atoms with Gasteiger partial charge in [-0.15, -0.1) is 0 Å². The predicted molar refractivity (Wildman–Crippen MR) is 134 cm³/mol. The lowest BCUT2D eigenvalue weighted by Crippen LogP contribution is -2.44. The molecule has 7 nitrogen and oxygen atoms in total. The Kier molecular flexibility index (Phi) is 10.4. The van der Waals surface area contributed by atoms with Crippen LogP contribution in [0.15, 0.2) is 6.07 Å². The van der Waals surface area contributed by atoms with Crippen molar-refractivity contribution in [2.24, 2.45) is 0 Å². The van der Waals surface area contributed by atoms with Crippen molar-refractivity contribution in [1.29, 1.82) is 0 Å². The van der Waals surface area contributed by atoms with Crippen molar-refractivity contribution in [2.45, 2.75) is 77.6 Å². The summed E-state index contributed by atoms with van der Waals surface area (Å²) in [6, 6.07) is 1.69. The van der Waals surface area contributed by atoms with Gasteiger partial charge in [0.1, 0.15) is 5.78 Å². The third-order valence-corrected chi connectivity index (χ3v) is 10.8. The zero-order valence-corrected chi connectivity index (χ0v) is 23.4. The molecule has 1 rings (SSSR count). The van der Waals surface area contributed by atoms with Gasteiger partial charge in [-0.05, 0) is 36.2 Å². The summed E-state index contributed by atoms with van der Waals surface area (Å²) >= 11 is 0. The number of amides is 1. The van der Waals surface area contributed by atoms with Crippen LogP contribution in [0, 0.1) is 0 Å². The van der Waals surface area contributed by atoms with Crippen molar-refractivity contribution in [3.05, 3.63) is 17.2 Å². The van der Waals surface area contributed by atoms with E-state index in [1.165, 1.54) is 26.2 Å². The Balaban J connectivity index is 3.35. The maximum Gasteiger partial charge on any atom is 0.257 e. The monoisotopic (exact) mass is 481 g/mol. The van der Waals surface area contributed by atoms with Gasteiger partial charge in [0.05, 0.1) is 33.0 Å². The molecule has 0 saturated heterocycles. The molecule has 33 heavy (non-hydrogen) atoms. The molecule has 0 heterocycles. The standard InChI is InChI=1S/C25H43NO6Si/c1-12-13-19(32-33(10,11)25(2,3)4)16-18(27)14-17-15-20(29-7)22(30-8)23(31-9)21(17)24(28)26(5)6/h15,19H,12-14,16H2,1-11H3/t19-/m0/s1. The highest BCUT2D eigenvalue weighted by atomic mass is 28.4. The minimum absolute atomic E-state index is 0.00855. The van der Waals surface area contributed by atoms with E-state index in [2.05, 4.69) is 40.8 Å². The van der Waals surface area contributed by atoms with Gasteiger partial charge in [-0.3, -0.25) is 9.59 Å². The summed E-state index contributed by atoms with van der Waals surface area (Å²) in [7, 11) is 5.78. The molecular formula is C25H43NO6Si. The van der Waals surface area contributed by atoms with Gasteiger partial charge in [-0.2, -0.15) is 0 Å². The highest BCUT2D eigenvalue weighted by molar-refractivity contribution is 6.74. The third-order valence-electron chi connectivity index (χ3n) is 6.25. The van der Waals surface area contributed by atoms with Crippen LogP contribution in [0.3, 0.4) is 0 Å². The van der Waals surface area contributed by atoms with Crippen LogP contribution >= 0.6 is 0 Å². The topological polar surface area (TPSA) is 74.3 Å². The molecule has 1 aromatic rings. The fraction of sp³-hybridized carbons (Fsp3) is 0.680. The second-order valence-electron chi connectivity index (χ2n) is 10.1. The van der Waals surface area contributed by atoms with Crippen molar-refractivity contribution in [1.82, 2.24) is 4.90 Å². The third kappa shape index (κ3) is 7.21. The van der Waals surface area contributed by atoms with E-state index in [9.17, 15) is 9.59 Å². The smallest absolute Gasteiger partial charge is 0.257 e. The SMILES string of the molecule is CCC[C@@H](CC(=O)Cc1cc(OC)c(OC)c(OC)c1C(=O)N(C)C)O[Si](C)(C)C(C)(C)C. The first-order valence-corrected chi connectivity index (χ1v) is 14.4. The number of nitrogens with zero attached hydrogens (tertiary/aromatic N) is 1. The molecular weight excluding hydrogens is 438 g/mol. The number of carbonyl (C=O) groups is 2. The van der Waals surface area contributed by atoms with Crippen molar-refractivity contribution in [3.8, 4) is 17.2 Å². The Bertz CT molecular complexity index is 829. The maximum absolute atomic E-state index is 13.2. The van der Waals surface area contributed by atoms with E-state index < -0.39 is 8.32 Å². The van der Waals surface area contributed by atoms with Gasteiger partial charge >= 0.3 is 0 Å². The second kappa shape index (κ2) is 11.9. The minimum atomic E-state index is -2.02. The highest BCUT2D eigenvalue weighted by Crippen LogP contribution is 2.43. The largest absolute Gasteiger partial charge is 0.493 e. The number of ether oxygens (including phenoxy) is 3. The van der Waals surface area contributed by atoms with Gasteiger partial charge in [0.15, 0.2) is 19.8 Å². The number of methoxy groups -OCH3 is 3. The first-order valence-electron chi connectivity index (χ1n) is 11.5. The van der Waals surface area contributed by atoms with E-state index in [-0.39, 0.29) is 35.0 Å². The van der Waals surface area contributed by atoms with E-state index >= 15 is 0 Å². The van der Waals surface area contributed by atoms with Crippen LogP contribution in [0.2, 0.25) is 18.1 Å². The molecule has 0 radical (unpaired) electrons. The molecule has 1 atom stereocenters. The summed E-state index contributed by atoms with van der Waals surface area (Å²) in [6.45, 7) is 13.1. The molecule has 0 spiro atoms. The van der Waals surface area contributed by atoms with Crippen LogP contribution in [0.1, 0.15) is 62.9 Å². The fourth-order valence-electron chi connectivity index (χ4n) is 3.46.